The highest BCUT2D eigenvalue weighted by molar-refractivity contribution is 7.99. The lowest BCUT2D eigenvalue weighted by Gasteiger charge is -2.31. The maximum Gasteiger partial charge on any atom is 0.242 e. The second-order valence-electron chi connectivity index (χ2n) is 7.42. The normalized spacial score (nSPS) is 11.8. The van der Waals surface area contributed by atoms with Gasteiger partial charge in [-0.3, -0.25) is 9.59 Å². The monoisotopic (exact) mass is 514 g/mol. The summed E-state index contributed by atoms with van der Waals surface area (Å²) in [6, 6.07) is 12.3. The molecule has 0 aromatic heterocycles. The third kappa shape index (κ3) is 8.18. The van der Waals surface area contributed by atoms with Crippen molar-refractivity contribution in [2.24, 2.45) is 0 Å². The number of nitrogens with one attached hydrogen (secondary N) is 1. The molecule has 1 N–H and O–H groups in total. The van der Waals surface area contributed by atoms with Crippen LogP contribution >= 0.6 is 46.6 Å². The maximum atomic E-state index is 13.2. The van der Waals surface area contributed by atoms with Gasteiger partial charge in [0.1, 0.15) is 6.04 Å². The van der Waals surface area contributed by atoms with Crippen molar-refractivity contribution in [3.05, 3.63) is 68.7 Å². The van der Waals surface area contributed by atoms with E-state index in [0.717, 1.165) is 24.0 Å². The fraction of sp³-hybridized carbons (Fsp3) is 0.417. The van der Waals surface area contributed by atoms with Gasteiger partial charge in [-0.05, 0) is 42.2 Å². The first-order chi connectivity index (χ1) is 15.4. The molecule has 0 fully saturated rings. The van der Waals surface area contributed by atoms with Crippen molar-refractivity contribution < 1.29 is 9.59 Å². The molecule has 32 heavy (non-hydrogen) atoms. The fourth-order valence-electron chi connectivity index (χ4n) is 3.20. The molecule has 2 aromatic carbocycles. The van der Waals surface area contributed by atoms with Crippen molar-refractivity contribution in [2.75, 3.05) is 12.3 Å². The van der Waals surface area contributed by atoms with Crippen LogP contribution in [0.2, 0.25) is 15.1 Å². The van der Waals surface area contributed by atoms with E-state index < -0.39 is 6.04 Å². The topological polar surface area (TPSA) is 49.4 Å². The summed E-state index contributed by atoms with van der Waals surface area (Å²) in [5.74, 6) is 0.620. The number of nitrogens with zero attached hydrogens (tertiary/aromatic N) is 1. The number of carbonyl (C=O) groups excluding carboxylic acids is 2. The molecule has 2 amide bonds. The Bertz CT molecular complexity index is 911. The summed E-state index contributed by atoms with van der Waals surface area (Å²) in [6.07, 6.45) is 2.41. The fourth-order valence-corrected chi connectivity index (χ4v) is 4.58. The highest BCUT2D eigenvalue weighted by Gasteiger charge is 2.28. The highest BCUT2D eigenvalue weighted by Crippen LogP contribution is 2.25. The average Bonchev–Trinajstić information content (AvgIpc) is 2.77. The van der Waals surface area contributed by atoms with Crippen LogP contribution in [0, 0.1) is 0 Å². The summed E-state index contributed by atoms with van der Waals surface area (Å²) >= 11 is 19.9. The van der Waals surface area contributed by atoms with E-state index in [9.17, 15) is 9.59 Å². The molecule has 1 unspecified atom stereocenters. The number of benzene rings is 2. The third-order valence-electron chi connectivity index (χ3n) is 4.99. The minimum Gasteiger partial charge on any atom is -0.354 e. The van der Waals surface area contributed by atoms with E-state index in [4.69, 9.17) is 34.8 Å². The van der Waals surface area contributed by atoms with Crippen LogP contribution < -0.4 is 5.32 Å². The molecule has 0 saturated heterocycles. The largest absolute Gasteiger partial charge is 0.354 e. The molecule has 0 saturated carbocycles. The van der Waals surface area contributed by atoms with Crippen molar-refractivity contribution in [1.29, 1.82) is 0 Å². The molecule has 0 bridgehead atoms. The van der Waals surface area contributed by atoms with Crippen LogP contribution in [-0.4, -0.2) is 35.1 Å². The number of hydrogen-bond acceptors (Lipinski definition) is 3. The molecular formula is C24H29Cl3N2O2S. The number of carbonyl (C=O) groups is 2. The first kappa shape index (κ1) is 26.8. The van der Waals surface area contributed by atoms with Gasteiger partial charge in [0.05, 0.1) is 15.8 Å². The van der Waals surface area contributed by atoms with Crippen molar-refractivity contribution >= 4 is 58.4 Å². The third-order valence-corrected chi connectivity index (χ3v) is 7.09. The molecule has 2 aromatic rings. The van der Waals surface area contributed by atoms with Gasteiger partial charge in [0, 0.05) is 23.9 Å². The quantitative estimate of drug-likeness (QED) is 0.324. The van der Waals surface area contributed by atoms with Crippen molar-refractivity contribution in [3.63, 3.8) is 0 Å². The molecule has 0 heterocycles. The van der Waals surface area contributed by atoms with Crippen LogP contribution in [0.4, 0.5) is 0 Å². The van der Waals surface area contributed by atoms with Crippen molar-refractivity contribution in [2.45, 2.75) is 51.4 Å². The lowest BCUT2D eigenvalue weighted by Crippen LogP contribution is -2.49. The number of rotatable bonds is 12. The number of hydrogen-bond donors (Lipinski definition) is 1. The van der Waals surface area contributed by atoms with Gasteiger partial charge in [-0.1, -0.05) is 79.3 Å². The Morgan fingerprint density at radius 1 is 1.03 bits per heavy atom. The van der Waals surface area contributed by atoms with E-state index >= 15 is 0 Å². The molecule has 0 aliphatic carbocycles. The zero-order valence-corrected chi connectivity index (χ0v) is 21.5. The maximum absolute atomic E-state index is 13.2. The van der Waals surface area contributed by atoms with Gasteiger partial charge >= 0.3 is 0 Å². The summed E-state index contributed by atoms with van der Waals surface area (Å²) in [6.45, 7) is 4.87. The molecule has 0 aliphatic heterocycles. The molecular weight excluding hydrogens is 487 g/mol. The van der Waals surface area contributed by atoms with E-state index in [1.54, 1.807) is 23.1 Å². The molecule has 174 valence electrons. The van der Waals surface area contributed by atoms with E-state index in [-0.39, 0.29) is 24.1 Å². The summed E-state index contributed by atoms with van der Waals surface area (Å²) in [5, 5.41) is 4.54. The smallest absolute Gasteiger partial charge is 0.242 e. The molecule has 2 rings (SSSR count). The zero-order chi connectivity index (χ0) is 23.5. The summed E-state index contributed by atoms with van der Waals surface area (Å²) in [4.78, 5) is 27.7. The zero-order valence-electron chi connectivity index (χ0n) is 18.4. The average molecular weight is 516 g/mol. The van der Waals surface area contributed by atoms with Gasteiger partial charge in [-0.25, -0.2) is 0 Å². The molecule has 8 heteroatoms. The first-order valence-electron chi connectivity index (χ1n) is 10.7. The predicted molar refractivity (Wildman–Crippen MR) is 137 cm³/mol. The van der Waals surface area contributed by atoms with Gasteiger partial charge in [0.2, 0.25) is 11.8 Å². The second-order valence-corrected chi connectivity index (χ2v) is 9.63. The predicted octanol–water partition coefficient (Wildman–Crippen LogP) is 6.60. The summed E-state index contributed by atoms with van der Waals surface area (Å²) in [5.41, 5.74) is 1.80. The Kier molecular flexibility index (Phi) is 11.7. The highest BCUT2D eigenvalue weighted by atomic mass is 35.5. The van der Waals surface area contributed by atoms with Crippen LogP contribution in [-0.2, 0) is 21.9 Å². The van der Waals surface area contributed by atoms with Crippen molar-refractivity contribution in [1.82, 2.24) is 10.2 Å². The lowest BCUT2D eigenvalue weighted by molar-refractivity contribution is -0.139. The molecule has 0 spiro atoms. The van der Waals surface area contributed by atoms with Gasteiger partial charge in [-0.2, -0.15) is 0 Å². The first-order valence-corrected chi connectivity index (χ1v) is 13.0. The summed E-state index contributed by atoms with van der Waals surface area (Å²) < 4.78 is 0. The summed E-state index contributed by atoms with van der Waals surface area (Å²) in [7, 11) is 0. The molecule has 1 atom stereocenters. The Morgan fingerprint density at radius 2 is 1.78 bits per heavy atom. The van der Waals surface area contributed by atoms with Crippen LogP contribution in [0.5, 0.6) is 0 Å². The van der Waals surface area contributed by atoms with Gasteiger partial charge in [0.25, 0.3) is 0 Å². The van der Waals surface area contributed by atoms with Crippen LogP contribution in [0.1, 0.15) is 44.2 Å². The Balaban J connectivity index is 2.12. The minimum atomic E-state index is -0.554. The van der Waals surface area contributed by atoms with Gasteiger partial charge < -0.3 is 10.2 Å². The minimum absolute atomic E-state index is 0.104. The van der Waals surface area contributed by atoms with E-state index in [1.165, 1.54) is 11.8 Å². The van der Waals surface area contributed by atoms with E-state index in [0.29, 0.717) is 33.8 Å². The Morgan fingerprint density at radius 3 is 2.44 bits per heavy atom. The van der Waals surface area contributed by atoms with Crippen LogP contribution in [0.3, 0.4) is 0 Å². The number of halogens is 3. The Hall–Kier alpha value is -1.40. The van der Waals surface area contributed by atoms with E-state index in [1.807, 2.05) is 31.2 Å². The SMILES string of the molecule is CCCCNC(=O)C(CC)N(Cc1ccccc1Cl)C(=O)CSCc1ccc(Cl)c(Cl)c1. The van der Waals surface area contributed by atoms with Gasteiger partial charge in [-0.15, -0.1) is 11.8 Å². The number of thioether (sulfide) groups is 1. The number of unbranched alkanes of at least 4 members (excludes halogenated alkanes) is 1. The molecule has 4 nitrogen and oxygen atoms in total. The molecule has 0 aliphatic rings. The lowest BCUT2D eigenvalue weighted by atomic mass is 10.1. The van der Waals surface area contributed by atoms with Crippen molar-refractivity contribution in [3.8, 4) is 0 Å². The second kappa shape index (κ2) is 14.0. The Labute approximate surface area is 210 Å². The van der Waals surface area contributed by atoms with Crippen LogP contribution in [0.15, 0.2) is 42.5 Å². The standard InChI is InChI=1S/C24H29Cl3N2O2S/c1-3-5-12-28-24(31)22(4-2)29(14-18-8-6-7-9-19(18)25)23(30)16-32-15-17-10-11-20(26)21(27)13-17/h6-11,13,22H,3-5,12,14-16H2,1-2H3,(H,28,31). The van der Waals surface area contributed by atoms with E-state index in [2.05, 4.69) is 12.2 Å². The van der Waals surface area contributed by atoms with Crippen LogP contribution in [0.25, 0.3) is 0 Å². The molecule has 0 radical (unpaired) electrons. The number of amides is 2. The van der Waals surface area contributed by atoms with Gasteiger partial charge in [0.15, 0.2) is 0 Å².